The number of nitrogens with one attached hydrogen (secondary N) is 2. The second-order valence-corrected chi connectivity index (χ2v) is 12.4. The van der Waals surface area contributed by atoms with Gasteiger partial charge in [-0.05, 0) is 72.7 Å². The minimum atomic E-state index is -4.66. The molecule has 0 spiro atoms. The molecule has 14 heteroatoms. The number of amides is 1. The van der Waals surface area contributed by atoms with Crippen LogP contribution in [0.3, 0.4) is 0 Å². The number of carbonyl (C=O) groups excluding carboxylic acids is 1. The lowest BCUT2D eigenvalue weighted by molar-refractivity contribution is -0.141. The largest absolute Gasteiger partial charge is 0.436 e. The number of rotatable bonds is 4. The summed E-state index contributed by atoms with van der Waals surface area (Å²) in [5.41, 5.74) is 3.83. The number of imidazole rings is 1. The topological polar surface area (TPSA) is 110 Å². The lowest BCUT2D eigenvalue weighted by atomic mass is 9.71. The summed E-state index contributed by atoms with van der Waals surface area (Å²) in [7, 11) is 0. The van der Waals surface area contributed by atoms with Crippen molar-refractivity contribution in [1.29, 1.82) is 0 Å². The first-order valence-electron chi connectivity index (χ1n) is 14.3. The van der Waals surface area contributed by atoms with E-state index in [1.165, 1.54) is 6.07 Å². The molecule has 2 aliphatic heterocycles. The third kappa shape index (κ3) is 4.57. The number of anilines is 1. The Hall–Kier alpha value is -4.42. The first-order chi connectivity index (χ1) is 21.5. The Morgan fingerprint density at radius 2 is 1.80 bits per heavy atom. The van der Waals surface area contributed by atoms with Gasteiger partial charge in [0.25, 0.3) is 5.56 Å². The second-order valence-electron chi connectivity index (χ2n) is 11.6. The van der Waals surface area contributed by atoms with Crippen molar-refractivity contribution < 1.29 is 18.0 Å². The van der Waals surface area contributed by atoms with Crippen LogP contribution in [0.2, 0.25) is 10.2 Å². The van der Waals surface area contributed by atoms with Crippen molar-refractivity contribution >= 4 is 34.8 Å². The van der Waals surface area contributed by atoms with Crippen molar-refractivity contribution in [3.63, 3.8) is 0 Å². The first-order valence-corrected chi connectivity index (χ1v) is 15.1. The normalized spacial score (nSPS) is 20.3. The Bertz CT molecular complexity index is 2100. The molecule has 1 fully saturated rings. The van der Waals surface area contributed by atoms with Gasteiger partial charge in [-0.25, -0.2) is 9.67 Å². The van der Waals surface area contributed by atoms with Crippen LogP contribution in [0.25, 0.3) is 28.1 Å². The minimum absolute atomic E-state index is 0.0144. The van der Waals surface area contributed by atoms with Gasteiger partial charge in [-0.2, -0.15) is 13.2 Å². The molecule has 2 aromatic carbocycles. The van der Waals surface area contributed by atoms with Gasteiger partial charge in [0.2, 0.25) is 5.91 Å². The van der Waals surface area contributed by atoms with Gasteiger partial charge in [-0.1, -0.05) is 34.5 Å². The number of carbonyl (C=O) groups is 1. The summed E-state index contributed by atoms with van der Waals surface area (Å²) in [6.07, 6.45) is -1.05. The van der Waals surface area contributed by atoms with Crippen LogP contribution in [0.4, 0.5) is 18.9 Å². The van der Waals surface area contributed by atoms with E-state index in [0.717, 1.165) is 46.2 Å². The van der Waals surface area contributed by atoms with E-state index in [2.05, 4.69) is 20.6 Å². The molecular formula is C31H22Cl2F3N7O2. The number of aryl methyl sites for hydroxylation is 1. The van der Waals surface area contributed by atoms with Crippen LogP contribution in [0, 0.1) is 5.92 Å². The summed E-state index contributed by atoms with van der Waals surface area (Å²) in [4.78, 5) is 33.8. The van der Waals surface area contributed by atoms with E-state index in [9.17, 15) is 22.8 Å². The maximum absolute atomic E-state index is 13.9. The maximum Gasteiger partial charge on any atom is 0.436 e. The van der Waals surface area contributed by atoms with Crippen molar-refractivity contribution in [2.24, 2.45) is 5.92 Å². The zero-order valence-corrected chi connectivity index (χ0v) is 24.7. The van der Waals surface area contributed by atoms with E-state index in [0.29, 0.717) is 51.4 Å². The first kappa shape index (κ1) is 28.1. The van der Waals surface area contributed by atoms with E-state index >= 15 is 0 Å². The SMILES string of the molecule is O=C1CCc2cc(-c3nc([C@@H]4[C@H]5CC[C@H]5c5cc(-c6cc(Cl)ccc6-n6cc(C(F)(F)F)nn6)cc(=O)n54)[nH]c3Cl)ccc2N1. The molecule has 9 nitrogen and oxygen atoms in total. The Morgan fingerprint density at radius 1 is 0.956 bits per heavy atom. The van der Waals surface area contributed by atoms with Gasteiger partial charge in [-0.15, -0.1) is 5.10 Å². The molecule has 3 aliphatic rings. The van der Waals surface area contributed by atoms with E-state index < -0.39 is 11.9 Å². The van der Waals surface area contributed by atoms with Gasteiger partial charge in [0.15, 0.2) is 5.69 Å². The number of H-pyrrole nitrogens is 1. The Balaban J connectivity index is 1.19. The number of benzene rings is 2. The smallest absolute Gasteiger partial charge is 0.331 e. The highest BCUT2D eigenvalue weighted by atomic mass is 35.5. The van der Waals surface area contributed by atoms with Crippen molar-refractivity contribution in [2.75, 3.05) is 5.32 Å². The average molecular weight is 652 g/mol. The number of alkyl halides is 3. The molecule has 0 unspecified atom stereocenters. The highest BCUT2D eigenvalue weighted by molar-refractivity contribution is 6.32. The number of hydrogen-bond donors (Lipinski definition) is 2. The fourth-order valence-corrected chi connectivity index (χ4v) is 7.23. The maximum atomic E-state index is 13.9. The summed E-state index contributed by atoms with van der Waals surface area (Å²) in [5, 5.41) is 10.6. The van der Waals surface area contributed by atoms with E-state index in [1.807, 2.05) is 24.3 Å². The van der Waals surface area contributed by atoms with Gasteiger partial charge < -0.3 is 14.9 Å². The molecule has 45 heavy (non-hydrogen) atoms. The Labute approximate surface area is 263 Å². The van der Waals surface area contributed by atoms with Crippen LogP contribution in [0.5, 0.6) is 0 Å². The molecular weight excluding hydrogens is 630 g/mol. The highest BCUT2D eigenvalue weighted by Gasteiger charge is 2.49. The van der Waals surface area contributed by atoms with Crippen LogP contribution < -0.4 is 10.9 Å². The molecule has 5 aromatic rings. The number of aromatic amines is 1. The van der Waals surface area contributed by atoms with Gasteiger partial charge >= 0.3 is 6.18 Å². The number of nitrogens with zero attached hydrogens (tertiary/aromatic N) is 5. The predicted octanol–water partition coefficient (Wildman–Crippen LogP) is 6.79. The number of pyridine rings is 1. The fourth-order valence-electron chi connectivity index (χ4n) is 6.81. The van der Waals surface area contributed by atoms with Gasteiger partial charge in [0.1, 0.15) is 16.7 Å². The number of hydrogen-bond acceptors (Lipinski definition) is 5. The monoisotopic (exact) mass is 651 g/mol. The van der Waals surface area contributed by atoms with E-state index in [4.69, 9.17) is 28.2 Å². The molecule has 1 aliphatic carbocycles. The lowest BCUT2D eigenvalue weighted by Crippen LogP contribution is -2.28. The molecule has 5 heterocycles. The van der Waals surface area contributed by atoms with Crippen LogP contribution >= 0.6 is 23.2 Å². The van der Waals surface area contributed by atoms with Gasteiger partial charge in [-0.3, -0.25) is 9.59 Å². The standard InChI is InChI=1S/C31H22Cl2F3N7O2/c32-17-3-7-22(42-13-24(40-41-42)31(34,35)36)20(12-17)16-10-23-18-4-5-19(18)28(43(23)26(45)11-16)30-38-27(29(33)39-30)15-1-6-21-14(9-15)2-8-25(44)37-21/h1,3,6-7,9-13,18-19,28H,2,4-5,8H2,(H,37,44)(H,38,39)/t18-,19+,28+/m1/s1. The predicted molar refractivity (Wildman–Crippen MR) is 161 cm³/mol. The molecule has 8 rings (SSSR count). The van der Waals surface area contributed by atoms with Crippen molar-refractivity contribution in [3.8, 4) is 28.1 Å². The molecule has 2 N–H and O–H groups in total. The van der Waals surface area contributed by atoms with Crippen LogP contribution in [0.1, 0.15) is 54.0 Å². The van der Waals surface area contributed by atoms with Gasteiger partial charge in [0, 0.05) is 45.9 Å². The van der Waals surface area contributed by atoms with Crippen molar-refractivity contribution in [3.05, 3.63) is 98.0 Å². The lowest BCUT2D eigenvalue weighted by Gasteiger charge is -2.32. The fraction of sp³-hybridized carbons (Fsp3) is 0.258. The summed E-state index contributed by atoms with van der Waals surface area (Å²) < 4.78 is 42.6. The van der Waals surface area contributed by atoms with Crippen LogP contribution in [0.15, 0.2) is 59.5 Å². The zero-order chi connectivity index (χ0) is 31.2. The molecule has 1 amide bonds. The Kier molecular flexibility index (Phi) is 6.27. The second kappa shape index (κ2) is 10.0. The highest BCUT2D eigenvalue weighted by Crippen LogP contribution is 2.56. The molecule has 0 bridgehead atoms. The zero-order valence-electron chi connectivity index (χ0n) is 23.2. The number of halogens is 5. The van der Waals surface area contributed by atoms with Crippen molar-refractivity contribution in [1.82, 2.24) is 29.5 Å². The molecule has 0 saturated heterocycles. The molecule has 228 valence electrons. The third-order valence-corrected chi connectivity index (χ3v) is 9.53. The molecule has 0 radical (unpaired) electrons. The van der Waals surface area contributed by atoms with E-state index in [-0.39, 0.29) is 29.3 Å². The summed E-state index contributed by atoms with van der Waals surface area (Å²) in [5.74, 6) is 0.771. The summed E-state index contributed by atoms with van der Waals surface area (Å²) >= 11 is 13.0. The third-order valence-electron chi connectivity index (χ3n) is 9.02. The quantitative estimate of drug-likeness (QED) is 0.222. The van der Waals surface area contributed by atoms with Crippen LogP contribution in [-0.2, 0) is 17.4 Å². The number of aromatic nitrogens is 6. The molecule has 1 saturated carbocycles. The van der Waals surface area contributed by atoms with Crippen molar-refractivity contribution in [2.45, 2.75) is 43.8 Å². The van der Waals surface area contributed by atoms with Gasteiger partial charge in [0.05, 0.1) is 17.9 Å². The Morgan fingerprint density at radius 3 is 2.56 bits per heavy atom. The van der Waals surface area contributed by atoms with E-state index in [1.54, 1.807) is 22.8 Å². The summed E-state index contributed by atoms with van der Waals surface area (Å²) in [6.45, 7) is 0. The minimum Gasteiger partial charge on any atom is -0.331 e. The van der Waals surface area contributed by atoms with Crippen LogP contribution in [-0.4, -0.2) is 35.4 Å². The molecule has 3 atom stereocenters. The summed E-state index contributed by atoms with van der Waals surface area (Å²) in [6, 6.07) is 13.4. The number of fused-ring (bicyclic) bond motifs is 4. The molecule has 3 aromatic heterocycles. The average Bonchev–Trinajstić information content (AvgIpc) is 3.67.